The number of amides is 1. The Bertz CT molecular complexity index is 733. The molecule has 1 amide bonds. The third-order valence-electron chi connectivity index (χ3n) is 3.04. The Balaban J connectivity index is 1.73. The molecule has 0 saturated carbocycles. The molecule has 0 spiro atoms. The number of nitrogens with zero attached hydrogens (tertiary/aromatic N) is 1. The number of rotatable bonds is 4. The summed E-state index contributed by atoms with van der Waals surface area (Å²) in [6.45, 7) is 2.38. The van der Waals surface area contributed by atoms with Crippen LogP contribution in [0.4, 0.5) is 0 Å². The molecule has 0 aliphatic heterocycles. The summed E-state index contributed by atoms with van der Waals surface area (Å²) in [5.41, 5.74) is 1.52. The van der Waals surface area contributed by atoms with Gasteiger partial charge >= 0.3 is 0 Å². The Hall–Kier alpha value is -2.40. The molecule has 2 aromatic heterocycles. The minimum absolute atomic E-state index is 0.162. The highest BCUT2D eigenvalue weighted by Gasteiger charge is 2.17. The van der Waals surface area contributed by atoms with Crippen molar-refractivity contribution in [3.8, 4) is 10.8 Å². The molecular formula is C16H14N2O2S. The van der Waals surface area contributed by atoms with Crippen LogP contribution in [-0.2, 0) is 6.54 Å². The third-order valence-corrected chi connectivity index (χ3v) is 4.02. The maximum atomic E-state index is 12.2. The normalized spacial score (nSPS) is 10.5. The predicted molar refractivity (Wildman–Crippen MR) is 82.2 cm³/mol. The summed E-state index contributed by atoms with van der Waals surface area (Å²) in [6, 6.07) is 13.4. The summed E-state index contributed by atoms with van der Waals surface area (Å²) in [5.74, 6) is 0.524. The Kier molecular flexibility index (Phi) is 3.83. The molecule has 21 heavy (non-hydrogen) atoms. The topological polar surface area (TPSA) is 55.1 Å². The summed E-state index contributed by atoms with van der Waals surface area (Å²) < 4.78 is 5.31. The van der Waals surface area contributed by atoms with Crippen molar-refractivity contribution in [1.82, 2.24) is 10.3 Å². The van der Waals surface area contributed by atoms with E-state index in [1.54, 1.807) is 12.3 Å². The number of hydrogen-bond donors (Lipinski definition) is 1. The van der Waals surface area contributed by atoms with Crippen LogP contribution in [0.3, 0.4) is 0 Å². The van der Waals surface area contributed by atoms with Crippen LogP contribution in [0.1, 0.15) is 20.9 Å². The van der Waals surface area contributed by atoms with Gasteiger partial charge in [-0.15, -0.1) is 11.3 Å². The van der Waals surface area contributed by atoms with Crippen molar-refractivity contribution in [1.29, 1.82) is 0 Å². The Morgan fingerprint density at radius 2 is 2.05 bits per heavy atom. The van der Waals surface area contributed by atoms with Crippen molar-refractivity contribution in [2.45, 2.75) is 13.5 Å². The molecule has 0 saturated heterocycles. The van der Waals surface area contributed by atoms with Crippen LogP contribution >= 0.6 is 11.3 Å². The van der Waals surface area contributed by atoms with Crippen molar-refractivity contribution in [2.24, 2.45) is 0 Å². The van der Waals surface area contributed by atoms with Gasteiger partial charge in [-0.05, 0) is 24.6 Å². The lowest BCUT2D eigenvalue weighted by Crippen LogP contribution is -2.23. The third kappa shape index (κ3) is 3.03. The standard InChI is InChI=1S/C16H14N2O2S/c1-11-14(18-16(21-11)13-8-5-9-20-13)15(19)17-10-12-6-3-2-4-7-12/h2-9H,10H2,1H3,(H,17,19). The second-order valence-electron chi connectivity index (χ2n) is 4.57. The fourth-order valence-corrected chi connectivity index (χ4v) is 2.85. The monoisotopic (exact) mass is 298 g/mol. The van der Waals surface area contributed by atoms with Crippen LogP contribution in [0, 0.1) is 6.92 Å². The van der Waals surface area contributed by atoms with Crippen LogP contribution in [0.5, 0.6) is 0 Å². The minimum Gasteiger partial charge on any atom is -0.462 e. The number of aryl methyl sites for hydroxylation is 1. The lowest BCUT2D eigenvalue weighted by atomic mass is 10.2. The predicted octanol–water partition coefficient (Wildman–Crippen LogP) is 3.64. The fraction of sp³-hybridized carbons (Fsp3) is 0.125. The molecule has 0 fully saturated rings. The Labute approximate surface area is 126 Å². The molecule has 3 aromatic rings. The van der Waals surface area contributed by atoms with E-state index in [0.29, 0.717) is 18.0 Å². The molecule has 106 valence electrons. The highest BCUT2D eigenvalue weighted by atomic mass is 32.1. The molecule has 0 bridgehead atoms. The molecule has 0 unspecified atom stereocenters. The molecule has 2 heterocycles. The number of furan rings is 1. The maximum absolute atomic E-state index is 12.2. The lowest BCUT2D eigenvalue weighted by Gasteiger charge is -2.03. The number of hydrogen-bond acceptors (Lipinski definition) is 4. The largest absolute Gasteiger partial charge is 0.462 e. The van der Waals surface area contributed by atoms with Crippen LogP contribution in [0.15, 0.2) is 53.1 Å². The van der Waals surface area contributed by atoms with E-state index in [1.165, 1.54) is 11.3 Å². The number of carbonyl (C=O) groups excluding carboxylic acids is 1. The van der Waals surface area contributed by atoms with E-state index in [4.69, 9.17) is 4.42 Å². The van der Waals surface area contributed by atoms with Gasteiger partial charge in [-0.2, -0.15) is 0 Å². The van der Waals surface area contributed by atoms with Crippen molar-refractivity contribution >= 4 is 17.2 Å². The summed E-state index contributed by atoms with van der Waals surface area (Å²) >= 11 is 1.46. The number of benzene rings is 1. The van der Waals surface area contributed by atoms with Gasteiger partial charge in [0.1, 0.15) is 5.69 Å². The highest BCUT2D eigenvalue weighted by Crippen LogP contribution is 2.27. The Morgan fingerprint density at radius 1 is 1.24 bits per heavy atom. The van der Waals surface area contributed by atoms with Gasteiger partial charge in [0.05, 0.1) is 6.26 Å². The first kappa shape index (κ1) is 13.6. The van der Waals surface area contributed by atoms with Gasteiger partial charge < -0.3 is 9.73 Å². The Morgan fingerprint density at radius 3 is 2.76 bits per heavy atom. The molecule has 5 heteroatoms. The number of nitrogens with one attached hydrogen (secondary N) is 1. The van der Waals surface area contributed by atoms with E-state index < -0.39 is 0 Å². The first-order chi connectivity index (χ1) is 10.2. The molecule has 3 rings (SSSR count). The summed E-state index contributed by atoms with van der Waals surface area (Å²) in [5, 5.41) is 3.61. The summed E-state index contributed by atoms with van der Waals surface area (Å²) in [4.78, 5) is 17.5. The van der Waals surface area contributed by atoms with Crippen LogP contribution in [-0.4, -0.2) is 10.9 Å². The molecule has 0 atom stereocenters. The number of thiazole rings is 1. The zero-order valence-corrected chi connectivity index (χ0v) is 12.3. The summed E-state index contributed by atoms with van der Waals surface area (Å²) in [7, 11) is 0. The van der Waals surface area contributed by atoms with Crippen molar-refractivity contribution in [3.05, 3.63) is 64.9 Å². The van der Waals surface area contributed by atoms with Gasteiger partial charge in [-0.3, -0.25) is 4.79 Å². The second kappa shape index (κ2) is 5.93. The molecule has 0 radical (unpaired) electrons. The molecule has 0 aliphatic rings. The second-order valence-corrected chi connectivity index (χ2v) is 5.77. The molecular weight excluding hydrogens is 284 g/mol. The van der Waals surface area contributed by atoms with E-state index in [2.05, 4.69) is 10.3 Å². The average molecular weight is 298 g/mol. The highest BCUT2D eigenvalue weighted by molar-refractivity contribution is 7.15. The van der Waals surface area contributed by atoms with E-state index >= 15 is 0 Å². The van der Waals surface area contributed by atoms with Gasteiger partial charge in [0, 0.05) is 11.4 Å². The quantitative estimate of drug-likeness (QED) is 0.800. The van der Waals surface area contributed by atoms with Gasteiger partial charge in [0.25, 0.3) is 5.91 Å². The maximum Gasteiger partial charge on any atom is 0.271 e. The van der Waals surface area contributed by atoms with E-state index in [1.807, 2.05) is 43.3 Å². The first-order valence-corrected chi connectivity index (χ1v) is 7.39. The van der Waals surface area contributed by atoms with Crippen molar-refractivity contribution in [2.75, 3.05) is 0 Å². The van der Waals surface area contributed by atoms with Crippen molar-refractivity contribution in [3.63, 3.8) is 0 Å². The molecule has 1 N–H and O–H groups in total. The summed E-state index contributed by atoms with van der Waals surface area (Å²) in [6.07, 6.45) is 1.60. The smallest absolute Gasteiger partial charge is 0.271 e. The van der Waals surface area contributed by atoms with Gasteiger partial charge in [0.15, 0.2) is 10.8 Å². The fourth-order valence-electron chi connectivity index (χ4n) is 1.97. The first-order valence-electron chi connectivity index (χ1n) is 6.57. The van der Waals surface area contributed by atoms with Crippen molar-refractivity contribution < 1.29 is 9.21 Å². The van der Waals surface area contributed by atoms with Gasteiger partial charge in [-0.1, -0.05) is 30.3 Å². The SMILES string of the molecule is Cc1sc(-c2ccco2)nc1C(=O)NCc1ccccc1. The van der Waals surface area contributed by atoms with E-state index in [-0.39, 0.29) is 5.91 Å². The molecule has 0 aliphatic carbocycles. The van der Waals surface area contributed by atoms with Crippen LogP contribution in [0.2, 0.25) is 0 Å². The zero-order valence-electron chi connectivity index (χ0n) is 11.5. The van der Waals surface area contributed by atoms with E-state index in [0.717, 1.165) is 15.4 Å². The lowest BCUT2D eigenvalue weighted by molar-refractivity contribution is 0.0946. The molecule has 4 nitrogen and oxygen atoms in total. The zero-order chi connectivity index (χ0) is 14.7. The number of aromatic nitrogens is 1. The van der Waals surface area contributed by atoms with Crippen LogP contribution in [0.25, 0.3) is 10.8 Å². The average Bonchev–Trinajstić information content (AvgIpc) is 3.15. The van der Waals surface area contributed by atoms with Crippen LogP contribution < -0.4 is 5.32 Å². The van der Waals surface area contributed by atoms with Gasteiger partial charge in [-0.25, -0.2) is 4.98 Å². The van der Waals surface area contributed by atoms with Gasteiger partial charge in [0.2, 0.25) is 0 Å². The number of carbonyl (C=O) groups is 1. The molecule has 1 aromatic carbocycles. The van der Waals surface area contributed by atoms with E-state index in [9.17, 15) is 4.79 Å². The minimum atomic E-state index is -0.162.